The summed E-state index contributed by atoms with van der Waals surface area (Å²) in [7, 11) is 0. The minimum Gasteiger partial charge on any atom is -0.394 e. The first kappa shape index (κ1) is 13.4. The maximum absolute atomic E-state index is 9.67. The Morgan fingerprint density at radius 1 is 1.50 bits per heavy atom. The van der Waals surface area contributed by atoms with E-state index in [0.29, 0.717) is 16.8 Å². The highest BCUT2D eigenvalue weighted by atomic mass is 35.5. The first-order valence-corrected chi connectivity index (χ1v) is 6.59. The predicted octanol–water partition coefficient (Wildman–Crippen LogP) is 2.07. The van der Waals surface area contributed by atoms with Gasteiger partial charge in [-0.25, -0.2) is 9.97 Å². The number of nitrogens with one attached hydrogen (secondary N) is 1. The summed E-state index contributed by atoms with van der Waals surface area (Å²) in [4.78, 5) is 7.93. The smallest absolute Gasteiger partial charge is 0.150 e. The third kappa shape index (κ3) is 2.67. The van der Waals surface area contributed by atoms with Gasteiger partial charge in [0.05, 0.1) is 12.1 Å². The molecule has 1 aliphatic carbocycles. The molecule has 0 radical (unpaired) electrons. The SMILES string of the molecule is CC1CCC(CO)(Nc2ncnc(N)c2Cl)CC1. The summed E-state index contributed by atoms with van der Waals surface area (Å²) in [5.74, 6) is 1.47. The van der Waals surface area contributed by atoms with Gasteiger partial charge in [-0.15, -0.1) is 0 Å². The molecule has 0 atom stereocenters. The average molecular weight is 271 g/mol. The molecule has 0 unspecified atom stereocenters. The molecule has 5 nitrogen and oxygen atoms in total. The van der Waals surface area contributed by atoms with Crippen molar-refractivity contribution >= 4 is 23.2 Å². The second-order valence-corrected chi connectivity index (χ2v) is 5.55. The van der Waals surface area contributed by atoms with Crippen LogP contribution in [0.2, 0.25) is 5.02 Å². The Hall–Kier alpha value is -1.07. The Morgan fingerprint density at radius 2 is 2.17 bits per heavy atom. The number of nitrogens with two attached hydrogens (primary N) is 1. The van der Waals surface area contributed by atoms with Gasteiger partial charge in [-0.05, 0) is 31.6 Å². The summed E-state index contributed by atoms with van der Waals surface area (Å²) >= 11 is 6.07. The number of aliphatic hydroxyl groups excluding tert-OH is 1. The molecule has 18 heavy (non-hydrogen) atoms. The van der Waals surface area contributed by atoms with Crippen LogP contribution in [0.1, 0.15) is 32.6 Å². The molecule has 1 aromatic heterocycles. The first-order valence-electron chi connectivity index (χ1n) is 6.21. The fourth-order valence-electron chi connectivity index (χ4n) is 2.36. The Bertz CT molecular complexity index is 419. The Kier molecular flexibility index (Phi) is 3.92. The van der Waals surface area contributed by atoms with E-state index in [1.54, 1.807) is 0 Å². The number of anilines is 2. The topological polar surface area (TPSA) is 84.1 Å². The maximum atomic E-state index is 9.67. The van der Waals surface area contributed by atoms with Crippen molar-refractivity contribution in [1.29, 1.82) is 0 Å². The largest absolute Gasteiger partial charge is 0.394 e. The summed E-state index contributed by atoms with van der Waals surface area (Å²) in [5, 5.41) is 13.3. The molecular formula is C12H19ClN4O. The quantitative estimate of drug-likeness (QED) is 0.783. The molecule has 0 aliphatic heterocycles. The van der Waals surface area contributed by atoms with Crippen molar-refractivity contribution in [3.63, 3.8) is 0 Å². The van der Waals surface area contributed by atoms with Gasteiger partial charge in [0.15, 0.2) is 5.82 Å². The molecule has 0 saturated heterocycles. The summed E-state index contributed by atoms with van der Waals surface area (Å²) < 4.78 is 0. The average Bonchev–Trinajstić information content (AvgIpc) is 2.38. The third-order valence-corrected chi connectivity index (χ3v) is 4.11. The van der Waals surface area contributed by atoms with E-state index in [0.717, 1.165) is 25.7 Å². The summed E-state index contributed by atoms with van der Waals surface area (Å²) in [6, 6.07) is 0. The number of aromatic nitrogens is 2. The van der Waals surface area contributed by atoms with Crippen LogP contribution in [0.25, 0.3) is 0 Å². The van der Waals surface area contributed by atoms with Crippen LogP contribution in [0.5, 0.6) is 0 Å². The normalized spacial score (nSPS) is 28.1. The molecule has 6 heteroatoms. The number of hydrogen-bond donors (Lipinski definition) is 3. The minimum atomic E-state index is -0.336. The molecule has 100 valence electrons. The van der Waals surface area contributed by atoms with Crippen molar-refractivity contribution in [1.82, 2.24) is 9.97 Å². The van der Waals surface area contributed by atoms with Gasteiger partial charge in [-0.3, -0.25) is 0 Å². The lowest BCUT2D eigenvalue weighted by Crippen LogP contribution is -2.45. The molecule has 1 fully saturated rings. The van der Waals surface area contributed by atoms with Crippen LogP contribution in [0.15, 0.2) is 6.33 Å². The van der Waals surface area contributed by atoms with Gasteiger partial charge < -0.3 is 16.2 Å². The molecule has 1 heterocycles. The Labute approximate surface area is 112 Å². The third-order valence-electron chi connectivity index (χ3n) is 3.73. The molecule has 4 N–H and O–H groups in total. The van der Waals surface area contributed by atoms with Gasteiger partial charge >= 0.3 is 0 Å². The van der Waals surface area contributed by atoms with Gasteiger partial charge in [0.1, 0.15) is 17.2 Å². The van der Waals surface area contributed by atoms with Crippen LogP contribution < -0.4 is 11.1 Å². The zero-order chi connectivity index (χ0) is 13.2. The number of hydrogen-bond acceptors (Lipinski definition) is 5. The van der Waals surface area contributed by atoms with Crippen LogP contribution >= 0.6 is 11.6 Å². The van der Waals surface area contributed by atoms with Crippen molar-refractivity contribution in [3.8, 4) is 0 Å². The van der Waals surface area contributed by atoms with E-state index >= 15 is 0 Å². The van der Waals surface area contributed by atoms with Crippen LogP contribution in [0.3, 0.4) is 0 Å². The highest BCUT2D eigenvalue weighted by Gasteiger charge is 2.34. The fourth-order valence-corrected chi connectivity index (χ4v) is 2.50. The lowest BCUT2D eigenvalue weighted by Gasteiger charge is -2.39. The first-order chi connectivity index (χ1) is 8.56. The second-order valence-electron chi connectivity index (χ2n) is 5.17. The summed E-state index contributed by atoms with van der Waals surface area (Å²) in [5.41, 5.74) is 5.31. The van der Waals surface area contributed by atoms with Crippen molar-refractivity contribution in [2.45, 2.75) is 38.1 Å². The number of nitrogen functional groups attached to an aromatic ring is 1. The van der Waals surface area contributed by atoms with Crippen molar-refractivity contribution in [2.75, 3.05) is 17.7 Å². The summed E-state index contributed by atoms with van der Waals surface area (Å²) in [6.45, 7) is 2.30. The highest BCUT2D eigenvalue weighted by Crippen LogP contribution is 2.36. The van der Waals surface area contributed by atoms with Gasteiger partial charge in [-0.2, -0.15) is 0 Å². The molecule has 1 saturated carbocycles. The van der Waals surface area contributed by atoms with E-state index in [1.165, 1.54) is 6.33 Å². The highest BCUT2D eigenvalue weighted by molar-refractivity contribution is 6.35. The Balaban J connectivity index is 2.17. The summed E-state index contributed by atoms with van der Waals surface area (Å²) in [6.07, 6.45) is 5.37. The van der Waals surface area contributed by atoms with Gasteiger partial charge in [0, 0.05) is 0 Å². The van der Waals surface area contributed by atoms with Crippen LogP contribution in [-0.4, -0.2) is 27.2 Å². The maximum Gasteiger partial charge on any atom is 0.150 e. The lowest BCUT2D eigenvalue weighted by atomic mass is 9.77. The fraction of sp³-hybridized carbons (Fsp3) is 0.667. The zero-order valence-corrected chi connectivity index (χ0v) is 11.2. The number of halogens is 1. The standard InChI is InChI=1S/C12H19ClN4O/c1-8-2-4-12(6-18,5-3-8)17-11-9(13)10(14)15-7-16-11/h7-8,18H,2-6H2,1H3,(H3,14,15,16,17). The minimum absolute atomic E-state index is 0.0694. The lowest BCUT2D eigenvalue weighted by molar-refractivity contribution is 0.155. The molecule has 1 aromatic rings. The number of rotatable bonds is 3. The van der Waals surface area contributed by atoms with E-state index in [1.807, 2.05) is 0 Å². The van der Waals surface area contributed by atoms with Crippen molar-refractivity contribution < 1.29 is 5.11 Å². The van der Waals surface area contributed by atoms with Gasteiger partial charge in [0.2, 0.25) is 0 Å². The monoisotopic (exact) mass is 270 g/mol. The predicted molar refractivity (Wildman–Crippen MR) is 72.5 cm³/mol. The van der Waals surface area contributed by atoms with Crippen molar-refractivity contribution in [3.05, 3.63) is 11.3 Å². The van der Waals surface area contributed by atoms with Crippen LogP contribution in [0.4, 0.5) is 11.6 Å². The molecule has 1 aliphatic rings. The molecule has 0 spiro atoms. The second kappa shape index (κ2) is 5.28. The van der Waals surface area contributed by atoms with Crippen LogP contribution in [0, 0.1) is 5.92 Å². The molecule has 0 aromatic carbocycles. The van der Waals surface area contributed by atoms with E-state index in [4.69, 9.17) is 17.3 Å². The van der Waals surface area contributed by atoms with Crippen LogP contribution in [-0.2, 0) is 0 Å². The molecule has 0 bridgehead atoms. The van der Waals surface area contributed by atoms with E-state index in [9.17, 15) is 5.11 Å². The molecule has 2 rings (SSSR count). The molecule has 0 amide bonds. The van der Waals surface area contributed by atoms with Gasteiger partial charge in [0.25, 0.3) is 0 Å². The van der Waals surface area contributed by atoms with E-state index in [-0.39, 0.29) is 18.0 Å². The van der Waals surface area contributed by atoms with Gasteiger partial charge in [-0.1, -0.05) is 18.5 Å². The van der Waals surface area contributed by atoms with E-state index in [2.05, 4.69) is 22.2 Å². The van der Waals surface area contributed by atoms with Crippen molar-refractivity contribution in [2.24, 2.45) is 5.92 Å². The number of nitrogens with zero attached hydrogens (tertiary/aromatic N) is 2. The number of aliphatic hydroxyl groups is 1. The molecular weight excluding hydrogens is 252 g/mol. The zero-order valence-electron chi connectivity index (χ0n) is 10.5. The Morgan fingerprint density at radius 3 is 2.78 bits per heavy atom. The van der Waals surface area contributed by atoms with E-state index < -0.39 is 0 Å².